The molecule has 0 heterocycles. The third kappa shape index (κ3) is 4.11. The van der Waals surface area contributed by atoms with E-state index in [9.17, 15) is 15.0 Å². The molecule has 0 bridgehead atoms. The van der Waals surface area contributed by atoms with Crippen LogP contribution in [0.15, 0.2) is 18.2 Å². The first-order valence-corrected chi connectivity index (χ1v) is 6.01. The van der Waals surface area contributed by atoms with Gasteiger partial charge in [-0.1, -0.05) is 12.1 Å². The van der Waals surface area contributed by atoms with Crippen LogP contribution in [-0.2, 0) is 9.53 Å². The van der Waals surface area contributed by atoms with Crippen molar-refractivity contribution >= 4 is 5.97 Å². The van der Waals surface area contributed by atoms with E-state index in [0.717, 1.165) is 0 Å². The highest BCUT2D eigenvalue weighted by Crippen LogP contribution is 2.33. The van der Waals surface area contributed by atoms with Gasteiger partial charge >= 0.3 is 5.97 Å². The predicted octanol–water partition coefficient (Wildman–Crippen LogP) is 1.15. The quantitative estimate of drug-likeness (QED) is 0.614. The van der Waals surface area contributed by atoms with E-state index < -0.39 is 12.0 Å². The highest BCUT2D eigenvalue weighted by atomic mass is 16.5. The van der Waals surface area contributed by atoms with Crippen molar-refractivity contribution in [1.29, 1.82) is 0 Å². The molecule has 0 aromatic heterocycles. The van der Waals surface area contributed by atoms with E-state index in [-0.39, 0.29) is 17.1 Å². The fourth-order valence-corrected chi connectivity index (χ4v) is 1.68. The summed E-state index contributed by atoms with van der Waals surface area (Å²) in [5.74, 6) is -0.943. The van der Waals surface area contributed by atoms with E-state index in [2.05, 4.69) is 5.32 Å². The van der Waals surface area contributed by atoms with E-state index in [1.807, 2.05) is 0 Å². The molecule has 0 amide bonds. The Bertz CT molecular complexity index is 421. The second kappa shape index (κ2) is 7.60. The van der Waals surface area contributed by atoms with Crippen LogP contribution < -0.4 is 10.1 Å². The summed E-state index contributed by atoms with van der Waals surface area (Å²) in [6, 6.07) is 3.79. The van der Waals surface area contributed by atoms with Crippen molar-refractivity contribution < 1.29 is 24.5 Å². The summed E-state index contributed by atoms with van der Waals surface area (Å²) in [5, 5.41) is 22.1. The molecule has 6 heteroatoms. The zero-order chi connectivity index (χ0) is 14.3. The fraction of sp³-hybridized carbons (Fsp3) is 0.462. The molecule has 1 atom stereocenters. The molecule has 0 aliphatic rings. The molecule has 6 nitrogen and oxygen atoms in total. The molecule has 19 heavy (non-hydrogen) atoms. The molecule has 1 unspecified atom stereocenters. The van der Waals surface area contributed by atoms with Crippen molar-refractivity contribution in [2.75, 3.05) is 26.9 Å². The number of phenols is 1. The monoisotopic (exact) mass is 269 g/mol. The maximum absolute atomic E-state index is 11.3. The molecule has 1 rings (SSSR count). The van der Waals surface area contributed by atoms with Gasteiger partial charge in [0.15, 0.2) is 11.5 Å². The van der Waals surface area contributed by atoms with Gasteiger partial charge in [0.05, 0.1) is 13.2 Å². The predicted molar refractivity (Wildman–Crippen MR) is 69.5 cm³/mol. The highest BCUT2D eigenvalue weighted by Gasteiger charge is 2.23. The standard InChI is InChI=1S/C13H19NO5/c1-3-19-10-6-4-5-9(12(10)15)11(13(16)17)14-7-8-18-2/h4-6,11,14-15H,3,7-8H2,1-2H3,(H,16,17). The Hall–Kier alpha value is -1.79. The molecule has 1 aromatic rings. The maximum Gasteiger partial charge on any atom is 0.325 e. The average Bonchev–Trinajstić information content (AvgIpc) is 2.38. The van der Waals surface area contributed by atoms with Crippen LogP contribution >= 0.6 is 0 Å². The number of carboxylic acids is 1. The highest BCUT2D eigenvalue weighted by molar-refractivity contribution is 5.77. The van der Waals surface area contributed by atoms with E-state index in [4.69, 9.17) is 9.47 Å². The molecule has 1 aromatic carbocycles. The fourth-order valence-electron chi connectivity index (χ4n) is 1.68. The minimum atomic E-state index is -1.07. The molecule has 0 saturated heterocycles. The number of carboxylic acid groups (broad SMARTS) is 1. The largest absolute Gasteiger partial charge is 0.504 e. The Morgan fingerprint density at radius 2 is 2.21 bits per heavy atom. The van der Waals surface area contributed by atoms with Gasteiger partial charge in [0.2, 0.25) is 0 Å². The molecule has 0 spiro atoms. The lowest BCUT2D eigenvalue weighted by Crippen LogP contribution is -2.31. The van der Waals surface area contributed by atoms with Crippen LogP contribution in [0.25, 0.3) is 0 Å². The van der Waals surface area contributed by atoms with Crippen LogP contribution in [-0.4, -0.2) is 43.1 Å². The number of methoxy groups -OCH3 is 1. The van der Waals surface area contributed by atoms with Gasteiger partial charge in [0, 0.05) is 19.2 Å². The second-order valence-corrected chi connectivity index (χ2v) is 3.85. The number of hydrogen-bond acceptors (Lipinski definition) is 5. The number of aliphatic carboxylic acids is 1. The van der Waals surface area contributed by atoms with E-state index >= 15 is 0 Å². The van der Waals surface area contributed by atoms with E-state index in [1.54, 1.807) is 25.1 Å². The maximum atomic E-state index is 11.3. The number of aromatic hydroxyl groups is 1. The smallest absolute Gasteiger partial charge is 0.325 e. The zero-order valence-electron chi connectivity index (χ0n) is 11.0. The topological polar surface area (TPSA) is 88.0 Å². The van der Waals surface area contributed by atoms with Crippen molar-refractivity contribution in [3.63, 3.8) is 0 Å². The molecular weight excluding hydrogens is 250 g/mol. The van der Waals surface area contributed by atoms with Crippen molar-refractivity contribution in [2.45, 2.75) is 13.0 Å². The van der Waals surface area contributed by atoms with E-state index in [1.165, 1.54) is 7.11 Å². The van der Waals surface area contributed by atoms with E-state index in [0.29, 0.717) is 19.8 Å². The Morgan fingerprint density at radius 3 is 2.79 bits per heavy atom. The van der Waals surface area contributed by atoms with Crippen LogP contribution in [0.3, 0.4) is 0 Å². The number of benzene rings is 1. The Labute approximate surface area is 112 Å². The summed E-state index contributed by atoms with van der Waals surface area (Å²) in [6.07, 6.45) is 0. The molecule has 0 saturated carbocycles. The van der Waals surface area contributed by atoms with Crippen LogP contribution in [0, 0.1) is 0 Å². The summed E-state index contributed by atoms with van der Waals surface area (Å²) in [5.41, 5.74) is 0.273. The van der Waals surface area contributed by atoms with Gasteiger partial charge in [-0.05, 0) is 13.0 Å². The summed E-state index contributed by atoms with van der Waals surface area (Å²) < 4.78 is 10.1. The third-order valence-electron chi connectivity index (χ3n) is 2.54. The van der Waals surface area contributed by atoms with Gasteiger partial charge in [0.25, 0.3) is 0 Å². The molecule has 3 N–H and O–H groups in total. The first kappa shape index (κ1) is 15.3. The summed E-state index contributed by atoms with van der Waals surface area (Å²) in [7, 11) is 1.53. The lowest BCUT2D eigenvalue weighted by Gasteiger charge is -2.17. The van der Waals surface area contributed by atoms with Gasteiger partial charge in [-0.25, -0.2) is 0 Å². The third-order valence-corrected chi connectivity index (χ3v) is 2.54. The van der Waals surface area contributed by atoms with Crippen LogP contribution in [0.4, 0.5) is 0 Å². The number of ether oxygens (including phenoxy) is 2. The summed E-state index contributed by atoms with van der Waals surface area (Å²) in [6.45, 7) is 2.94. The Balaban J connectivity index is 2.95. The van der Waals surface area contributed by atoms with Gasteiger partial charge in [-0.2, -0.15) is 0 Å². The van der Waals surface area contributed by atoms with Crippen molar-refractivity contribution in [3.05, 3.63) is 23.8 Å². The number of carbonyl (C=O) groups is 1. The molecule has 106 valence electrons. The Morgan fingerprint density at radius 1 is 1.47 bits per heavy atom. The van der Waals surface area contributed by atoms with Crippen molar-refractivity contribution in [1.82, 2.24) is 5.32 Å². The number of rotatable bonds is 8. The van der Waals surface area contributed by atoms with Crippen LogP contribution in [0.2, 0.25) is 0 Å². The molecule has 0 aliphatic carbocycles. The second-order valence-electron chi connectivity index (χ2n) is 3.85. The first-order chi connectivity index (χ1) is 9.11. The lowest BCUT2D eigenvalue weighted by molar-refractivity contribution is -0.139. The van der Waals surface area contributed by atoms with Gasteiger partial charge in [-0.3, -0.25) is 10.1 Å². The van der Waals surface area contributed by atoms with Crippen LogP contribution in [0.5, 0.6) is 11.5 Å². The van der Waals surface area contributed by atoms with Crippen LogP contribution in [0.1, 0.15) is 18.5 Å². The molecule has 0 aliphatic heterocycles. The molecular formula is C13H19NO5. The number of hydrogen-bond donors (Lipinski definition) is 3. The minimum absolute atomic E-state index is 0.151. The number of nitrogens with one attached hydrogen (secondary N) is 1. The van der Waals surface area contributed by atoms with Gasteiger partial charge in [-0.15, -0.1) is 0 Å². The molecule has 0 fully saturated rings. The average molecular weight is 269 g/mol. The minimum Gasteiger partial charge on any atom is -0.504 e. The summed E-state index contributed by atoms with van der Waals surface area (Å²) >= 11 is 0. The SMILES string of the molecule is CCOc1cccc(C(NCCOC)C(=O)O)c1O. The first-order valence-electron chi connectivity index (χ1n) is 6.01. The van der Waals surface area contributed by atoms with Gasteiger partial charge < -0.3 is 19.7 Å². The zero-order valence-corrected chi connectivity index (χ0v) is 11.0. The van der Waals surface area contributed by atoms with Gasteiger partial charge in [0.1, 0.15) is 6.04 Å². The van der Waals surface area contributed by atoms with Crippen molar-refractivity contribution in [2.24, 2.45) is 0 Å². The normalized spacial score (nSPS) is 12.1. The number of phenolic OH excluding ortho intramolecular Hbond substituents is 1. The lowest BCUT2D eigenvalue weighted by atomic mass is 10.1. The molecule has 0 radical (unpaired) electrons. The number of para-hydroxylation sites is 1. The summed E-state index contributed by atoms with van der Waals surface area (Å²) in [4.78, 5) is 11.3. The Kier molecular flexibility index (Phi) is 6.11. The van der Waals surface area contributed by atoms with Crippen molar-refractivity contribution in [3.8, 4) is 11.5 Å².